The van der Waals surface area contributed by atoms with Crippen molar-refractivity contribution >= 4 is 0 Å². The SMILES string of the molecule is CC(C)OCCOc1cccnc1CN. The van der Waals surface area contributed by atoms with Gasteiger partial charge in [0.05, 0.1) is 18.4 Å². The Hall–Kier alpha value is -1.13. The maximum atomic E-state index is 5.53. The van der Waals surface area contributed by atoms with Crippen LogP contribution in [0.4, 0.5) is 0 Å². The van der Waals surface area contributed by atoms with Crippen LogP contribution in [0.1, 0.15) is 19.5 Å². The van der Waals surface area contributed by atoms with Gasteiger partial charge in [0.2, 0.25) is 0 Å². The summed E-state index contributed by atoms with van der Waals surface area (Å²) in [7, 11) is 0. The fraction of sp³-hybridized carbons (Fsp3) is 0.545. The standard InChI is InChI=1S/C11H18N2O2/c1-9(2)14-6-7-15-11-4-3-5-13-10(11)8-12/h3-5,9H,6-8,12H2,1-2H3. The van der Waals surface area contributed by atoms with Crippen LogP contribution in [-0.4, -0.2) is 24.3 Å². The zero-order valence-electron chi connectivity index (χ0n) is 9.27. The molecule has 0 fully saturated rings. The van der Waals surface area contributed by atoms with Gasteiger partial charge in [-0.3, -0.25) is 4.98 Å². The second-order valence-electron chi connectivity index (χ2n) is 3.42. The van der Waals surface area contributed by atoms with Gasteiger partial charge in [0.25, 0.3) is 0 Å². The number of nitrogens with two attached hydrogens (primary N) is 1. The normalized spacial score (nSPS) is 10.7. The Labute approximate surface area is 90.4 Å². The van der Waals surface area contributed by atoms with E-state index in [1.807, 2.05) is 26.0 Å². The monoisotopic (exact) mass is 210 g/mol. The number of rotatable bonds is 6. The molecule has 0 bridgehead atoms. The molecule has 0 unspecified atom stereocenters. The summed E-state index contributed by atoms with van der Waals surface area (Å²) in [6, 6.07) is 3.70. The highest BCUT2D eigenvalue weighted by Crippen LogP contribution is 2.13. The van der Waals surface area contributed by atoms with Crippen molar-refractivity contribution in [1.82, 2.24) is 4.98 Å². The van der Waals surface area contributed by atoms with Crippen molar-refractivity contribution in [2.45, 2.75) is 26.5 Å². The molecule has 0 spiro atoms. The molecular weight excluding hydrogens is 192 g/mol. The molecule has 0 atom stereocenters. The molecule has 4 nitrogen and oxygen atoms in total. The van der Waals surface area contributed by atoms with Gasteiger partial charge in [-0.2, -0.15) is 0 Å². The summed E-state index contributed by atoms with van der Waals surface area (Å²) in [5.74, 6) is 0.743. The molecule has 2 N–H and O–H groups in total. The molecule has 0 aliphatic rings. The lowest BCUT2D eigenvalue weighted by Gasteiger charge is -2.10. The zero-order chi connectivity index (χ0) is 11.1. The average molecular weight is 210 g/mol. The number of nitrogens with zero attached hydrogens (tertiary/aromatic N) is 1. The molecular formula is C11H18N2O2. The van der Waals surface area contributed by atoms with E-state index in [4.69, 9.17) is 15.2 Å². The van der Waals surface area contributed by atoms with Crippen molar-refractivity contribution in [3.8, 4) is 5.75 Å². The summed E-state index contributed by atoms with van der Waals surface area (Å²) in [5, 5.41) is 0. The van der Waals surface area contributed by atoms with E-state index in [2.05, 4.69) is 4.98 Å². The number of ether oxygens (including phenoxy) is 2. The van der Waals surface area contributed by atoms with Crippen LogP contribution in [0.25, 0.3) is 0 Å². The lowest BCUT2D eigenvalue weighted by atomic mass is 10.3. The maximum Gasteiger partial charge on any atom is 0.142 e. The quantitative estimate of drug-likeness (QED) is 0.720. The summed E-state index contributed by atoms with van der Waals surface area (Å²) in [6.07, 6.45) is 1.94. The van der Waals surface area contributed by atoms with Crippen LogP contribution in [0.3, 0.4) is 0 Å². The Bertz CT molecular complexity index is 290. The highest BCUT2D eigenvalue weighted by Gasteiger charge is 2.02. The summed E-state index contributed by atoms with van der Waals surface area (Å²) < 4.78 is 10.9. The van der Waals surface area contributed by atoms with Gasteiger partial charge >= 0.3 is 0 Å². The van der Waals surface area contributed by atoms with Crippen LogP contribution in [0.15, 0.2) is 18.3 Å². The second kappa shape index (κ2) is 6.37. The lowest BCUT2D eigenvalue weighted by Crippen LogP contribution is -2.13. The van der Waals surface area contributed by atoms with Crippen molar-refractivity contribution < 1.29 is 9.47 Å². The molecule has 0 amide bonds. The van der Waals surface area contributed by atoms with Gasteiger partial charge in [-0.05, 0) is 26.0 Å². The van der Waals surface area contributed by atoms with Crippen molar-refractivity contribution in [3.63, 3.8) is 0 Å². The topological polar surface area (TPSA) is 57.4 Å². The van der Waals surface area contributed by atoms with E-state index < -0.39 is 0 Å². The van der Waals surface area contributed by atoms with Crippen LogP contribution in [0.5, 0.6) is 5.75 Å². The molecule has 84 valence electrons. The average Bonchev–Trinajstić information content (AvgIpc) is 2.24. The van der Waals surface area contributed by atoms with E-state index in [0.29, 0.717) is 19.8 Å². The number of pyridine rings is 1. The molecule has 4 heteroatoms. The minimum absolute atomic E-state index is 0.233. The van der Waals surface area contributed by atoms with Crippen molar-refractivity contribution in [2.24, 2.45) is 5.73 Å². The predicted octanol–water partition coefficient (Wildman–Crippen LogP) is 1.34. The van der Waals surface area contributed by atoms with Crippen molar-refractivity contribution in [2.75, 3.05) is 13.2 Å². The molecule has 0 saturated carbocycles. The van der Waals surface area contributed by atoms with Gasteiger partial charge < -0.3 is 15.2 Å². The van der Waals surface area contributed by atoms with E-state index in [1.165, 1.54) is 0 Å². The second-order valence-corrected chi connectivity index (χ2v) is 3.42. The molecule has 15 heavy (non-hydrogen) atoms. The van der Waals surface area contributed by atoms with Gasteiger partial charge in [0, 0.05) is 12.7 Å². The first-order valence-corrected chi connectivity index (χ1v) is 5.12. The number of aromatic nitrogens is 1. The summed E-state index contributed by atoms with van der Waals surface area (Å²) >= 11 is 0. The molecule has 1 aromatic heterocycles. The van der Waals surface area contributed by atoms with Gasteiger partial charge in [-0.25, -0.2) is 0 Å². The highest BCUT2D eigenvalue weighted by molar-refractivity contribution is 5.26. The van der Waals surface area contributed by atoms with E-state index in [9.17, 15) is 0 Å². The Morgan fingerprint density at radius 1 is 1.40 bits per heavy atom. The molecule has 0 aliphatic carbocycles. The fourth-order valence-electron chi connectivity index (χ4n) is 1.14. The third-order valence-electron chi connectivity index (χ3n) is 1.83. The molecule has 1 aromatic rings. The number of hydrogen-bond donors (Lipinski definition) is 1. The molecule has 0 aromatic carbocycles. The maximum absolute atomic E-state index is 5.53. The molecule has 0 saturated heterocycles. The fourth-order valence-corrected chi connectivity index (χ4v) is 1.14. The van der Waals surface area contributed by atoms with E-state index in [0.717, 1.165) is 11.4 Å². The predicted molar refractivity (Wildman–Crippen MR) is 58.7 cm³/mol. The minimum Gasteiger partial charge on any atom is -0.489 e. The Kier molecular flexibility index (Phi) is 5.07. The number of hydrogen-bond acceptors (Lipinski definition) is 4. The third kappa shape index (κ3) is 4.27. The van der Waals surface area contributed by atoms with Crippen LogP contribution >= 0.6 is 0 Å². The van der Waals surface area contributed by atoms with Crippen LogP contribution in [0.2, 0.25) is 0 Å². The zero-order valence-corrected chi connectivity index (χ0v) is 9.27. The van der Waals surface area contributed by atoms with E-state index in [1.54, 1.807) is 6.20 Å². The van der Waals surface area contributed by atoms with Crippen LogP contribution < -0.4 is 10.5 Å². The summed E-state index contributed by atoms with van der Waals surface area (Å²) in [6.45, 7) is 5.49. The smallest absolute Gasteiger partial charge is 0.142 e. The van der Waals surface area contributed by atoms with Gasteiger partial charge in [-0.15, -0.1) is 0 Å². The van der Waals surface area contributed by atoms with E-state index >= 15 is 0 Å². The molecule has 1 heterocycles. The Morgan fingerprint density at radius 2 is 2.20 bits per heavy atom. The van der Waals surface area contributed by atoms with Crippen LogP contribution in [-0.2, 0) is 11.3 Å². The molecule has 1 rings (SSSR count). The van der Waals surface area contributed by atoms with Crippen molar-refractivity contribution in [1.29, 1.82) is 0 Å². The van der Waals surface area contributed by atoms with Gasteiger partial charge in [-0.1, -0.05) is 0 Å². The van der Waals surface area contributed by atoms with Crippen molar-refractivity contribution in [3.05, 3.63) is 24.0 Å². The van der Waals surface area contributed by atoms with Gasteiger partial charge in [0.15, 0.2) is 0 Å². The first-order chi connectivity index (χ1) is 7.24. The lowest BCUT2D eigenvalue weighted by molar-refractivity contribution is 0.0550. The molecule has 0 aliphatic heterocycles. The van der Waals surface area contributed by atoms with E-state index in [-0.39, 0.29) is 6.10 Å². The molecule has 0 radical (unpaired) electrons. The Balaban J connectivity index is 2.36. The first-order valence-electron chi connectivity index (χ1n) is 5.12. The minimum atomic E-state index is 0.233. The first kappa shape index (κ1) is 11.9. The summed E-state index contributed by atoms with van der Waals surface area (Å²) in [5.41, 5.74) is 6.31. The third-order valence-corrected chi connectivity index (χ3v) is 1.83. The van der Waals surface area contributed by atoms with Crippen LogP contribution in [0, 0.1) is 0 Å². The van der Waals surface area contributed by atoms with Gasteiger partial charge in [0.1, 0.15) is 12.4 Å². The summed E-state index contributed by atoms with van der Waals surface area (Å²) in [4.78, 5) is 4.12. The largest absolute Gasteiger partial charge is 0.489 e. The highest BCUT2D eigenvalue weighted by atomic mass is 16.5. The Morgan fingerprint density at radius 3 is 2.87 bits per heavy atom.